The van der Waals surface area contributed by atoms with Gasteiger partial charge in [0.25, 0.3) is 0 Å². The van der Waals surface area contributed by atoms with Gasteiger partial charge in [-0.25, -0.2) is 0 Å². The van der Waals surface area contributed by atoms with Crippen LogP contribution in [0.3, 0.4) is 0 Å². The van der Waals surface area contributed by atoms with Crippen LogP contribution >= 0.6 is 0 Å². The van der Waals surface area contributed by atoms with Crippen molar-refractivity contribution in [1.29, 1.82) is 0 Å². The van der Waals surface area contributed by atoms with Crippen LogP contribution in [-0.4, -0.2) is 17.0 Å². The van der Waals surface area contributed by atoms with Crippen LogP contribution in [0, 0.1) is 5.21 Å². The van der Waals surface area contributed by atoms with E-state index in [0.29, 0.717) is 6.42 Å². The van der Waals surface area contributed by atoms with Gasteiger partial charge in [-0.3, -0.25) is 5.23 Å². The van der Waals surface area contributed by atoms with Gasteiger partial charge in [-0.15, -0.1) is 0 Å². The molecule has 0 unspecified atom stereocenters. The van der Waals surface area contributed by atoms with Crippen molar-refractivity contribution in [1.82, 2.24) is 5.23 Å². The average molecular weight is 257 g/mol. The highest BCUT2D eigenvalue weighted by Crippen LogP contribution is 2.10. The van der Waals surface area contributed by atoms with E-state index in [-0.39, 0.29) is 11.8 Å². The van der Waals surface area contributed by atoms with Gasteiger partial charge in [-0.2, -0.15) is 0 Å². The number of rotatable bonds is 6. The van der Waals surface area contributed by atoms with Crippen LogP contribution in [0.1, 0.15) is 11.1 Å². The minimum Gasteiger partial charge on any atom is -0.762 e. The fourth-order valence-corrected chi connectivity index (χ4v) is 1.81. The molecule has 19 heavy (non-hydrogen) atoms. The molecule has 2 N–H and O–H groups in total. The van der Waals surface area contributed by atoms with E-state index in [1.807, 2.05) is 54.6 Å². The van der Waals surface area contributed by atoms with Gasteiger partial charge in [0.1, 0.15) is 0 Å². The smallest absolute Gasteiger partial charge is 0.0400 e. The van der Waals surface area contributed by atoms with E-state index >= 15 is 0 Å². The first-order chi connectivity index (χ1) is 9.24. The SMILES string of the molecule is [O-]N(O)CCc1ccc(CNc2ccccc2)cc1. The Morgan fingerprint density at radius 3 is 2.21 bits per heavy atom. The van der Waals surface area contributed by atoms with E-state index in [1.165, 1.54) is 5.56 Å². The summed E-state index contributed by atoms with van der Waals surface area (Å²) in [5.74, 6) is 0. The Morgan fingerprint density at radius 2 is 1.58 bits per heavy atom. The third-order valence-corrected chi connectivity index (χ3v) is 2.89. The van der Waals surface area contributed by atoms with Crippen LogP contribution in [0.2, 0.25) is 0 Å². The Morgan fingerprint density at radius 1 is 0.947 bits per heavy atom. The normalized spacial score (nSPS) is 10.7. The molecule has 2 aromatic rings. The molecule has 0 saturated carbocycles. The molecule has 2 aromatic carbocycles. The molecule has 2 rings (SSSR count). The van der Waals surface area contributed by atoms with Gasteiger partial charge >= 0.3 is 0 Å². The second-order valence-corrected chi connectivity index (χ2v) is 4.36. The lowest BCUT2D eigenvalue weighted by atomic mass is 10.1. The standard InChI is InChI=1S/C15H17N2O2/c18-17(19)11-10-13-6-8-14(9-7-13)12-16-15-4-2-1-3-5-15/h1-9,16,18H,10-12H2/q-1. The van der Waals surface area contributed by atoms with Crippen molar-refractivity contribution < 1.29 is 5.21 Å². The van der Waals surface area contributed by atoms with Gasteiger partial charge in [-0.1, -0.05) is 42.5 Å². The van der Waals surface area contributed by atoms with Gasteiger partial charge < -0.3 is 15.7 Å². The second-order valence-electron chi connectivity index (χ2n) is 4.36. The van der Waals surface area contributed by atoms with Crippen molar-refractivity contribution in [3.05, 3.63) is 70.9 Å². The highest BCUT2D eigenvalue weighted by Gasteiger charge is 1.96. The summed E-state index contributed by atoms with van der Waals surface area (Å²) >= 11 is 0. The molecule has 0 atom stereocenters. The number of hydrogen-bond donors (Lipinski definition) is 2. The predicted octanol–water partition coefficient (Wildman–Crippen LogP) is 3.03. The monoisotopic (exact) mass is 257 g/mol. The number of benzene rings is 2. The first-order valence-electron chi connectivity index (χ1n) is 6.24. The van der Waals surface area contributed by atoms with Crippen molar-refractivity contribution >= 4 is 5.69 Å². The third-order valence-electron chi connectivity index (χ3n) is 2.89. The Balaban J connectivity index is 1.85. The van der Waals surface area contributed by atoms with E-state index in [2.05, 4.69) is 5.32 Å². The summed E-state index contributed by atoms with van der Waals surface area (Å²) in [5, 5.41) is 22.2. The zero-order valence-electron chi connectivity index (χ0n) is 10.6. The van der Waals surface area contributed by atoms with Crippen molar-refractivity contribution in [2.75, 3.05) is 11.9 Å². The minimum absolute atomic E-state index is 0.0368. The van der Waals surface area contributed by atoms with Crippen LogP contribution in [0.4, 0.5) is 5.69 Å². The largest absolute Gasteiger partial charge is 0.762 e. The molecule has 0 amide bonds. The van der Waals surface area contributed by atoms with Crippen LogP contribution in [-0.2, 0) is 13.0 Å². The summed E-state index contributed by atoms with van der Waals surface area (Å²) in [5.41, 5.74) is 3.31. The van der Waals surface area contributed by atoms with Crippen molar-refractivity contribution in [3.63, 3.8) is 0 Å². The van der Waals surface area contributed by atoms with E-state index in [9.17, 15) is 5.21 Å². The number of hydroxylamine groups is 2. The zero-order valence-corrected chi connectivity index (χ0v) is 10.6. The Bertz CT molecular complexity index is 483. The summed E-state index contributed by atoms with van der Waals surface area (Å²) in [6.07, 6.45) is 0.548. The van der Waals surface area contributed by atoms with E-state index in [0.717, 1.165) is 17.8 Å². The molecular weight excluding hydrogens is 240 g/mol. The first-order valence-corrected chi connectivity index (χ1v) is 6.24. The highest BCUT2D eigenvalue weighted by molar-refractivity contribution is 5.43. The summed E-state index contributed by atoms with van der Waals surface area (Å²) in [7, 11) is 0. The topological polar surface area (TPSA) is 58.6 Å². The van der Waals surface area contributed by atoms with Crippen LogP contribution in [0.5, 0.6) is 0 Å². The van der Waals surface area contributed by atoms with Crippen LogP contribution in [0.15, 0.2) is 54.6 Å². The van der Waals surface area contributed by atoms with Crippen molar-refractivity contribution in [2.24, 2.45) is 0 Å². The van der Waals surface area contributed by atoms with Gasteiger partial charge in [0.2, 0.25) is 0 Å². The lowest BCUT2D eigenvalue weighted by Gasteiger charge is -2.18. The number of anilines is 1. The minimum atomic E-state index is -0.0368. The summed E-state index contributed by atoms with van der Waals surface area (Å²) < 4.78 is 0. The lowest BCUT2D eigenvalue weighted by molar-refractivity contribution is -0.0391. The molecule has 0 heterocycles. The molecule has 0 aliphatic rings. The molecular formula is C15H17N2O2-. The fourth-order valence-electron chi connectivity index (χ4n) is 1.81. The predicted molar refractivity (Wildman–Crippen MR) is 75.8 cm³/mol. The quantitative estimate of drug-likeness (QED) is 0.781. The van der Waals surface area contributed by atoms with Gasteiger partial charge in [0.05, 0.1) is 0 Å². The van der Waals surface area contributed by atoms with Gasteiger partial charge in [0.15, 0.2) is 0 Å². The highest BCUT2D eigenvalue weighted by atomic mass is 16.8. The Labute approximate surface area is 112 Å². The molecule has 4 heteroatoms. The van der Waals surface area contributed by atoms with Crippen LogP contribution in [0.25, 0.3) is 0 Å². The molecule has 0 saturated heterocycles. The molecule has 0 aliphatic heterocycles. The molecule has 0 aromatic heterocycles. The van der Waals surface area contributed by atoms with Gasteiger partial charge in [0, 0.05) is 18.8 Å². The van der Waals surface area contributed by atoms with Crippen molar-refractivity contribution in [3.8, 4) is 0 Å². The molecule has 0 radical (unpaired) electrons. The fraction of sp³-hybridized carbons (Fsp3) is 0.200. The number of hydrogen-bond acceptors (Lipinski definition) is 4. The molecule has 4 nitrogen and oxygen atoms in total. The number of nitrogens with one attached hydrogen (secondary N) is 1. The summed E-state index contributed by atoms with van der Waals surface area (Å²) in [6.45, 7) is 0.861. The Kier molecular flexibility index (Phi) is 4.92. The summed E-state index contributed by atoms with van der Waals surface area (Å²) in [4.78, 5) is 0. The maximum atomic E-state index is 10.4. The van der Waals surface area contributed by atoms with E-state index in [4.69, 9.17) is 5.21 Å². The van der Waals surface area contributed by atoms with E-state index < -0.39 is 0 Å². The molecule has 0 fully saturated rings. The number of nitrogens with zero attached hydrogens (tertiary/aromatic N) is 1. The molecule has 0 bridgehead atoms. The van der Waals surface area contributed by atoms with Crippen molar-refractivity contribution in [2.45, 2.75) is 13.0 Å². The maximum Gasteiger partial charge on any atom is 0.0400 e. The first kappa shape index (κ1) is 13.5. The van der Waals surface area contributed by atoms with E-state index in [1.54, 1.807) is 0 Å². The Hall–Kier alpha value is -1.88. The average Bonchev–Trinajstić information content (AvgIpc) is 2.45. The molecule has 100 valence electrons. The van der Waals surface area contributed by atoms with Crippen LogP contribution < -0.4 is 5.32 Å². The second kappa shape index (κ2) is 6.89. The molecule has 0 aliphatic carbocycles. The van der Waals surface area contributed by atoms with Gasteiger partial charge in [-0.05, 0) is 29.7 Å². The zero-order chi connectivity index (χ0) is 13.5. The molecule has 0 spiro atoms. The summed E-state index contributed by atoms with van der Waals surface area (Å²) in [6, 6.07) is 18.0. The number of para-hydroxylation sites is 1. The lowest BCUT2D eigenvalue weighted by Crippen LogP contribution is -2.13. The maximum absolute atomic E-state index is 10.4. The third kappa shape index (κ3) is 4.71.